The Kier molecular flexibility index (Phi) is 2.89. The van der Waals surface area contributed by atoms with E-state index in [-0.39, 0.29) is 0 Å². The number of rotatable bonds is 2. The Morgan fingerprint density at radius 2 is 2.14 bits per heavy atom. The molecule has 0 atom stereocenters. The van der Waals surface area contributed by atoms with Crippen LogP contribution in [0, 0.1) is 0 Å². The van der Waals surface area contributed by atoms with E-state index in [1.54, 1.807) is 18.4 Å². The van der Waals surface area contributed by atoms with Crippen LogP contribution in [0.25, 0.3) is 22.6 Å². The first kappa shape index (κ1) is 12.7. The monoisotopic (exact) mass is 300 g/mol. The third-order valence-electron chi connectivity index (χ3n) is 4.01. The summed E-state index contributed by atoms with van der Waals surface area (Å²) in [6, 6.07) is 5.65. The van der Waals surface area contributed by atoms with Crippen LogP contribution in [0.4, 0.5) is 5.00 Å². The molecule has 0 bridgehead atoms. The van der Waals surface area contributed by atoms with Gasteiger partial charge >= 0.3 is 0 Å². The highest BCUT2D eigenvalue weighted by atomic mass is 32.1. The molecule has 0 aliphatic heterocycles. The highest BCUT2D eigenvalue weighted by molar-refractivity contribution is 7.16. The van der Waals surface area contributed by atoms with E-state index in [0.717, 1.165) is 40.3 Å². The minimum atomic E-state index is 0.634. The topological polar surface area (TPSA) is 61.3 Å². The number of aryl methyl sites for hydroxylation is 1. The third-order valence-corrected chi connectivity index (χ3v) is 5.13. The maximum absolute atomic E-state index is 6.22. The van der Waals surface area contributed by atoms with Gasteiger partial charge in [0.05, 0.1) is 17.7 Å². The van der Waals surface area contributed by atoms with Crippen LogP contribution in [0.1, 0.15) is 23.3 Å². The van der Waals surface area contributed by atoms with E-state index in [0.29, 0.717) is 5.89 Å². The summed E-state index contributed by atoms with van der Waals surface area (Å²) in [5, 5.41) is 0.820. The first-order valence-electron chi connectivity index (χ1n) is 7.11. The van der Waals surface area contributed by atoms with Gasteiger partial charge in [-0.3, -0.25) is 0 Å². The average Bonchev–Trinajstić information content (AvgIpc) is 3.05. The normalized spacial score (nSPS) is 14.3. The molecule has 108 valence electrons. The summed E-state index contributed by atoms with van der Waals surface area (Å²) in [6.07, 6.45) is 4.65. The maximum atomic E-state index is 6.22. The quantitative estimate of drug-likeness (QED) is 0.776. The molecule has 0 saturated heterocycles. The zero-order valence-electron chi connectivity index (χ0n) is 11.8. The van der Waals surface area contributed by atoms with Crippen LogP contribution in [0.15, 0.2) is 22.6 Å². The molecule has 0 unspecified atom stereocenters. The summed E-state index contributed by atoms with van der Waals surface area (Å²) in [6.45, 7) is 0. The molecule has 2 heterocycles. The van der Waals surface area contributed by atoms with Crippen molar-refractivity contribution in [1.82, 2.24) is 4.98 Å². The van der Waals surface area contributed by atoms with Crippen molar-refractivity contribution in [3.63, 3.8) is 0 Å². The van der Waals surface area contributed by atoms with Crippen molar-refractivity contribution in [2.45, 2.75) is 25.7 Å². The van der Waals surface area contributed by atoms with Gasteiger partial charge in [-0.15, -0.1) is 11.3 Å². The minimum absolute atomic E-state index is 0.634. The first-order valence-corrected chi connectivity index (χ1v) is 7.93. The number of thiophene rings is 1. The van der Waals surface area contributed by atoms with Gasteiger partial charge in [-0.2, -0.15) is 0 Å². The van der Waals surface area contributed by atoms with Crippen molar-refractivity contribution in [3.05, 3.63) is 28.6 Å². The molecule has 0 saturated carbocycles. The van der Waals surface area contributed by atoms with Crippen molar-refractivity contribution < 1.29 is 9.15 Å². The second-order valence-corrected chi connectivity index (χ2v) is 6.44. The van der Waals surface area contributed by atoms with E-state index in [2.05, 4.69) is 4.98 Å². The van der Waals surface area contributed by atoms with Crippen LogP contribution in [0.2, 0.25) is 0 Å². The number of oxazole rings is 1. The summed E-state index contributed by atoms with van der Waals surface area (Å²) in [5.41, 5.74) is 10.1. The number of nitrogens with zero attached hydrogens (tertiary/aromatic N) is 1. The fraction of sp³-hybridized carbons (Fsp3) is 0.312. The predicted molar refractivity (Wildman–Crippen MR) is 84.9 cm³/mol. The molecule has 1 aliphatic carbocycles. The van der Waals surface area contributed by atoms with Crippen molar-refractivity contribution in [2.24, 2.45) is 0 Å². The largest absolute Gasteiger partial charge is 0.497 e. The molecule has 2 N–H and O–H groups in total. The molecule has 0 fully saturated rings. The lowest BCUT2D eigenvalue weighted by atomic mass is 9.95. The number of aromatic nitrogens is 1. The van der Waals surface area contributed by atoms with Crippen LogP contribution >= 0.6 is 11.3 Å². The molecule has 4 rings (SSSR count). The molecule has 21 heavy (non-hydrogen) atoms. The number of nitrogen functional groups attached to an aromatic ring is 1. The highest BCUT2D eigenvalue weighted by Gasteiger charge is 2.23. The fourth-order valence-electron chi connectivity index (χ4n) is 2.96. The number of hydrogen-bond acceptors (Lipinski definition) is 5. The number of methoxy groups -OCH3 is 1. The molecular weight excluding hydrogens is 284 g/mol. The Morgan fingerprint density at radius 3 is 3.00 bits per heavy atom. The lowest BCUT2D eigenvalue weighted by molar-refractivity contribution is 0.415. The van der Waals surface area contributed by atoms with Gasteiger partial charge < -0.3 is 14.9 Å². The summed E-state index contributed by atoms with van der Waals surface area (Å²) in [5.74, 6) is 1.41. The molecule has 0 amide bonds. The molecule has 0 radical (unpaired) electrons. The average molecular weight is 300 g/mol. The van der Waals surface area contributed by atoms with Crippen molar-refractivity contribution in [3.8, 4) is 17.2 Å². The molecule has 0 spiro atoms. The molecule has 4 nitrogen and oxygen atoms in total. The smallest absolute Gasteiger partial charge is 0.230 e. The minimum Gasteiger partial charge on any atom is -0.497 e. The number of anilines is 1. The van der Waals surface area contributed by atoms with E-state index in [1.807, 2.05) is 18.2 Å². The predicted octanol–water partition coefficient (Wildman–Crippen LogP) is 4.03. The van der Waals surface area contributed by atoms with E-state index >= 15 is 0 Å². The van der Waals surface area contributed by atoms with Crippen molar-refractivity contribution >= 4 is 27.4 Å². The second kappa shape index (κ2) is 4.77. The molecule has 1 aliphatic rings. The maximum Gasteiger partial charge on any atom is 0.230 e. The Hall–Kier alpha value is -2.01. The number of hydrogen-bond donors (Lipinski definition) is 1. The Labute approximate surface area is 126 Å². The Bertz CT molecular complexity index is 819. The van der Waals surface area contributed by atoms with Gasteiger partial charge in [-0.25, -0.2) is 4.98 Å². The molecule has 2 aromatic heterocycles. The van der Waals surface area contributed by atoms with Crippen molar-refractivity contribution in [2.75, 3.05) is 12.8 Å². The zero-order valence-corrected chi connectivity index (χ0v) is 12.6. The summed E-state index contributed by atoms with van der Waals surface area (Å²) in [7, 11) is 1.65. The Balaban J connectivity index is 1.88. The van der Waals surface area contributed by atoms with Crippen LogP contribution in [0.5, 0.6) is 5.75 Å². The van der Waals surface area contributed by atoms with E-state index in [9.17, 15) is 0 Å². The summed E-state index contributed by atoms with van der Waals surface area (Å²) in [4.78, 5) is 6.01. The number of benzene rings is 1. The van der Waals surface area contributed by atoms with Gasteiger partial charge in [-0.1, -0.05) is 0 Å². The number of fused-ring (bicyclic) bond motifs is 2. The summed E-state index contributed by atoms with van der Waals surface area (Å²) < 4.78 is 11.2. The lowest BCUT2D eigenvalue weighted by Gasteiger charge is -2.10. The molecule has 1 aromatic carbocycles. The molecule has 3 aromatic rings. The SMILES string of the molecule is COc1ccc2oc(-c3c(N)sc4c3CCCC4)nc2c1. The van der Waals surface area contributed by atoms with Crippen LogP contribution < -0.4 is 10.5 Å². The van der Waals surface area contributed by atoms with Gasteiger partial charge in [0, 0.05) is 10.9 Å². The van der Waals surface area contributed by atoms with Crippen LogP contribution in [0.3, 0.4) is 0 Å². The van der Waals surface area contributed by atoms with E-state index in [1.165, 1.54) is 23.3 Å². The standard InChI is InChI=1S/C16H16N2O2S/c1-19-9-6-7-12-11(8-9)18-16(20-12)14-10-4-2-3-5-13(10)21-15(14)17/h6-8H,2-5,17H2,1H3. The van der Waals surface area contributed by atoms with Crippen LogP contribution in [-0.4, -0.2) is 12.1 Å². The van der Waals surface area contributed by atoms with Gasteiger partial charge in [0.25, 0.3) is 0 Å². The fourth-order valence-corrected chi connectivity index (χ4v) is 4.11. The zero-order chi connectivity index (χ0) is 14.4. The molecular formula is C16H16N2O2S. The van der Waals surface area contributed by atoms with E-state index < -0.39 is 0 Å². The van der Waals surface area contributed by atoms with Gasteiger partial charge in [-0.05, 0) is 43.4 Å². The van der Waals surface area contributed by atoms with Gasteiger partial charge in [0.2, 0.25) is 5.89 Å². The number of nitrogens with two attached hydrogens (primary N) is 1. The highest BCUT2D eigenvalue weighted by Crippen LogP contribution is 2.43. The molecule has 5 heteroatoms. The Morgan fingerprint density at radius 1 is 1.29 bits per heavy atom. The second-order valence-electron chi connectivity index (χ2n) is 5.30. The first-order chi connectivity index (χ1) is 10.3. The van der Waals surface area contributed by atoms with Gasteiger partial charge in [0.1, 0.15) is 11.3 Å². The van der Waals surface area contributed by atoms with Gasteiger partial charge in [0.15, 0.2) is 5.58 Å². The van der Waals surface area contributed by atoms with E-state index in [4.69, 9.17) is 14.9 Å². The lowest BCUT2D eigenvalue weighted by Crippen LogP contribution is -1.99. The van der Waals surface area contributed by atoms with Crippen molar-refractivity contribution in [1.29, 1.82) is 0 Å². The third kappa shape index (κ3) is 2.00. The van der Waals surface area contributed by atoms with Crippen LogP contribution in [-0.2, 0) is 12.8 Å². The number of ether oxygens (including phenoxy) is 1. The summed E-state index contributed by atoms with van der Waals surface area (Å²) >= 11 is 1.68.